The van der Waals surface area contributed by atoms with Gasteiger partial charge in [0.15, 0.2) is 8.32 Å². The molecule has 1 heterocycles. The molecule has 3 aliphatic carbocycles. The van der Waals surface area contributed by atoms with Crippen LogP contribution in [0.5, 0.6) is 5.75 Å². The number of aliphatic hydroxyl groups excluding tert-OH is 1. The fourth-order valence-electron chi connectivity index (χ4n) is 8.33. The van der Waals surface area contributed by atoms with Crippen LogP contribution in [0.25, 0.3) is 0 Å². The number of aryl methyl sites for hydroxylation is 1. The summed E-state index contributed by atoms with van der Waals surface area (Å²) in [5.41, 5.74) is 3.58. The molecule has 0 amide bonds. The average molecular weight is 654 g/mol. The number of ether oxygens (including phenoxy) is 1. The predicted molar refractivity (Wildman–Crippen MR) is 183 cm³/mol. The van der Waals surface area contributed by atoms with E-state index < -0.39 is 14.3 Å². The first-order chi connectivity index (χ1) is 21.3. The maximum atomic E-state index is 12.1. The molecule has 6 atom stereocenters. The first-order valence-corrected chi connectivity index (χ1v) is 20.4. The van der Waals surface area contributed by atoms with Crippen LogP contribution in [0.2, 0.25) is 23.2 Å². The van der Waals surface area contributed by atoms with Crippen LogP contribution < -0.4 is 9.64 Å². The Kier molecular flexibility index (Phi) is 9.14. The van der Waals surface area contributed by atoms with Crippen molar-refractivity contribution >= 4 is 31.6 Å². The second-order valence-corrected chi connectivity index (χ2v) is 21.2. The molecule has 1 spiro atoms. The molecular weight excluding hydrogens is 602 g/mol. The van der Waals surface area contributed by atoms with Gasteiger partial charge in [-0.15, -0.1) is 0 Å². The molecule has 0 radical (unpaired) electrons. The third-order valence-electron chi connectivity index (χ3n) is 12.0. The van der Waals surface area contributed by atoms with E-state index in [1.165, 1.54) is 11.1 Å². The Morgan fingerprint density at radius 2 is 1.93 bits per heavy atom. The molecule has 45 heavy (non-hydrogen) atoms. The molecule has 1 unspecified atom stereocenters. The van der Waals surface area contributed by atoms with Crippen molar-refractivity contribution in [2.75, 3.05) is 24.6 Å². The van der Waals surface area contributed by atoms with E-state index in [1.54, 1.807) is 6.07 Å². The minimum atomic E-state index is -2.05. The number of rotatable bonds is 7. The summed E-state index contributed by atoms with van der Waals surface area (Å²) in [5.74, 6) is 1.05. The molecule has 0 saturated heterocycles. The van der Waals surface area contributed by atoms with Crippen molar-refractivity contribution < 1.29 is 24.2 Å². The number of halogens is 1. The zero-order valence-corrected chi connectivity index (χ0v) is 29.5. The molecule has 2 saturated carbocycles. The van der Waals surface area contributed by atoms with E-state index in [4.69, 9.17) is 20.8 Å². The number of aromatic carboxylic acids is 1. The highest BCUT2D eigenvalue weighted by atomic mass is 35.5. The van der Waals surface area contributed by atoms with Gasteiger partial charge in [0.05, 0.1) is 30.1 Å². The molecule has 2 N–H and O–H groups in total. The Morgan fingerprint density at radius 1 is 1.13 bits per heavy atom. The molecule has 2 aromatic carbocycles. The molecule has 2 fully saturated rings. The van der Waals surface area contributed by atoms with E-state index in [0.29, 0.717) is 24.4 Å². The van der Waals surface area contributed by atoms with E-state index in [9.17, 15) is 15.0 Å². The second-order valence-electron chi connectivity index (χ2n) is 16.0. The molecule has 8 heteroatoms. The third kappa shape index (κ3) is 6.57. The lowest BCUT2D eigenvalue weighted by atomic mass is 9.65. The van der Waals surface area contributed by atoms with Crippen molar-refractivity contribution in [1.29, 1.82) is 0 Å². The highest BCUT2D eigenvalue weighted by molar-refractivity contribution is 6.74. The Morgan fingerprint density at radius 3 is 2.62 bits per heavy atom. The maximum absolute atomic E-state index is 12.1. The minimum Gasteiger partial charge on any atom is -0.490 e. The van der Waals surface area contributed by atoms with Gasteiger partial charge in [0.2, 0.25) is 0 Å². The van der Waals surface area contributed by atoms with Gasteiger partial charge in [0.25, 0.3) is 0 Å². The van der Waals surface area contributed by atoms with Crippen LogP contribution >= 0.6 is 11.6 Å². The van der Waals surface area contributed by atoms with Gasteiger partial charge >= 0.3 is 5.97 Å². The third-order valence-corrected chi connectivity index (χ3v) is 16.7. The van der Waals surface area contributed by atoms with Gasteiger partial charge < -0.3 is 24.3 Å². The molecule has 6 rings (SSSR count). The maximum Gasteiger partial charge on any atom is 0.335 e. The summed E-state index contributed by atoms with van der Waals surface area (Å²) in [7, 11) is -2.05. The van der Waals surface area contributed by atoms with E-state index in [1.807, 2.05) is 18.2 Å². The van der Waals surface area contributed by atoms with Crippen molar-refractivity contribution in [2.45, 2.75) is 114 Å². The molecule has 1 aliphatic heterocycles. The molecular formula is C37H52ClNO5Si. The summed E-state index contributed by atoms with van der Waals surface area (Å²) in [5, 5.41) is 21.5. The topological polar surface area (TPSA) is 79.2 Å². The highest BCUT2D eigenvalue weighted by Crippen LogP contribution is 2.50. The number of carboxylic acid groups (broad SMARTS) is 1. The number of benzene rings is 2. The van der Waals surface area contributed by atoms with Crippen LogP contribution in [-0.2, 0) is 16.3 Å². The number of carboxylic acids is 1. The van der Waals surface area contributed by atoms with Gasteiger partial charge in [-0.05, 0) is 129 Å². The normalized spacial score (nSPS) is 29.2. The summed E-state index contributed by atoms with van der Waals surface area (Å²) in [6, 6.07) is 11.6. The molecule has 4 aliphatic rings. The zero-order valence-electron chi connectivity index (χ0n) is 27.8. The summed E-state index contributed by atoms with van der Waals surface area (Å²) >= 11 is 6.45. The summed E-state index contributed by atoms with van der Waals surface area (Å²) in [6.07, 6.45) is 9.15. The number of aliphatic hydroxyl groups is 1. The van der Waals surface area contributed by atoms with E-state index >= 15 is 0 Å². The Bertz CT molecular complexity index is 1410. The number of carbonyl (C=O) groups is 1. The monoisotopic (exact) mass is 653 g/mol. The zero-order chi connectivity index (χ0) is 32.1. The van der Waals surface area contributed by atoms with E-state index in [0.717, 1.165) is 87.3 Å². The van der Waals surface area contributed by atoms with Gasteiger partial charge in [-0.25, -0.2) is 4.79 Å². The Hall–Kier alpha value is -2.06. The van der Waals surface area contributed by atoms with Crippen molar-refractivity contribution in [3.8, 4) is 5.75 Å². The van der Waals surface area contributed by atoms with Gasteiger partial charge in [0.1, 0.15) is 5.75 Å². The fourth-order valence-corrected chi connectivity index (χ4v) is 9.93. The lowest BCUT2D eigenvalue weighted by Gasteiger charge is -2.52. The number of hydrogen-bond acceptors (Lipinski definition) is 5. The van der Waals surface area contributed by atoms with Crippen molar-refractivity contribution in [2.24, 2.45) is 17.8 Å². The van der Waals surface area contributed by atoms with Crippen LogP contribution in [0.4, 0.5) is 5.69 Å². The van der Waals surface area contributed by atoms with Crippen LogP contribution in [0.1, 0.15) is 93.6 Å². The summed E-state index contributed by atoms with van der Waals surface area (Å²) in [6.45, 7) is 13.8. The number of fused-ring (bicyclic) bond motifs is 3. The first kappa shape index (κ1) is 32.9. The van der Waals surface area contributed by atoms with Gasteiger partial charge in [0, 0.05) is 23.5 Å². The quantitative estimate of drug-likeness (QED) is 0.292. The highest BCUT2D eigenvalue weighted by Gasteiger charge is 2.49. The van der Waals surface area contributed by atoms with Gasteiger partial charge in [-0.2, -0.15) is 0 Å². The van der Waals surface area contributed by atoms with Crippen LogP contribution in [0, 0.1) is 17.8 Å². The molecule has 246 valence electrons. The second kappa shape index (κ2) is 12.5. The van der Waals surface area contributed by atoms with Crippen LogP contribution in [0.3, 0.4) is 0 Å². The Labute approximate surface area is 275 Å². The van der Waals surface area contributed by atoms with Crippen molar-refractivity contribution in [3.63, 3.8) is 0 Å². The molecule has 0 aromatic heterocycles. The van der Waals surface area contributed by atoms with Crippen LogP contribution in [0.15, 0.2) is 36.4 Å². The smallest absolute Gasteiger partial charge is 0.335 e. The van der Waals surface area contributed by atoms with E-state index in [-0.39, 0.29) is 28.2 Å². The first-order valence-electron chi connectivity index (χ1n) is 17.2. The van der Waals surface area contributed by atoms with Crippen molar-refractivity contribution in [3.05, 3.63) is 58.1 Å². The Balaban J connectivity index is 1.34. The summed E-state index contributed by atoms with van der Waals surface area (Å²) in [4.78, 5) is 14.6. The van der Waals surface area contributed by atoms with Gasteiger partial charge in [-0.1, -0.05) is 44.9 Å². The lowest BCUT2D eigenvalue weighted by Crippen LogP contribution is -2.54. The SMILES string of the molecule is CC(C)(C)[Si](C)(C)O[C@H]([C@@H]1CCC[C@@H](O)C1)[C@@H]1CC[C@H]1CN1CC2(CCCc3cc(Cl)ccc32)COc2ccc(C(=O)O)cc21. The van der Waals surface area contributed by atoms with Gasteiger partial charge in [-0.3, -0.25) is 0 Å². The predicted octanol–water partition coefficient (Wildman–Crippen LogP) is 8.48. The fraction of sp³-hybridized carbons (Fsp3) is 0.649. The number of anilines is 1. The van der Waals surface area contributed by atoms with E-state index in [2.05, 4.69) is 50.9 Å². The lowest BCUT2D eigenvalue weighted by molar-refractivity contribution is -0.0409. The number of hydrogen-bond donors (Lipinski definition) is 2. The average Bonchev–Trinajstić information content (AvgIpc) is 3.11. The molecule has 0 bridgehead atoms. The minimum absolute atomic E-state index is 0.107. The largest absolute Gasteiger partial charge is 0.490 e. The van der Waals surface area contributed by atoms with Crippen LogP contribution in [-0.4, -0.2) is 56.4 Å². The standard InChI is InChI=1S/C37H52ClNO5Si/c1-36(2,3)45(4,5)44-34(25-8-6-10-29(40)19-25)30-14-11-27(30)21-39-22-37(17-7-9-24-18-28(38)13-15-31(24)37)23-43-33-16-12-26(35(41)42)20-32(33)39/h12-13,15-16,18,20,25,27,29-30,34,40H,6-11,14,17,19,21-23H2,1-5H3,(H,41,42)/t25-,27+,29-,30-,34-,37?/m1/s1. The molecule has 2 aromatic rings. The molecule has 6 nitrogen and oxygen atoms in total. The van der Waals surface area contributed by atoms with Crippen molar-refractivity contribution in [1.82, 2.24) is 0 Å². The number of nitrogens with zero attached hydrogens (tertiary/aromatic N) is 1. The summed E-state index contributed by atoms with van der Waals surface area (Å²) < 4.78 is 13.9.